The normalized spacial score (nSPS) is 12.3. The van der Waals surface area contributed by atoms with Crippen LogP contribution in [0.2, 0.25) is 0 Å². The summed E-state index contributed by atoms with van der Waals surface area (Å²) in [6, 6.07) is 15.6. The van der Waals surface area contributed by atoms with Crippen LogP contribution in [-0.4, -0.2) is 20.3 Å². The Hall–Kier alpha value is -2.47. The van der Waals surface area contributed by atoms with Gasteiger partial charge in [0.2, 0.25) is 5.91 Å². The lowest BCUT2D eigenvalue weighted by molar-refractivity contribution is -0.115. The highest BCUT2D eigenvalue weighted by Gasteiger charge is 2.15. The number of anilines is 1. The van der Waals surface area contributed by atoms with Crippen molar-refractivity contribution in [2.75, 3.05) is 5.32 Å². The van der Waals surface area contributed by atoms with E-state index in [1.165, 1.54) is 5.56 Å². The summed E-state index contributed by atoms with van der Waals surface area (Å²) < 4.78 is 3.18. The first kappa shape index (κ1) is 17.4. The van der Waals surface area contributed by atoms with Crippen molar-refractivity contribution in [1.82, 2.24) is 9.13 Å². The van der Waals surface area contributed by atoms with Crippen molar-refractivity contribution in [3.63, 3.8) is 0 Å². The lowest BCUT2D eigenvalue weighted by Gasteiger charge is -2.12. The molecule has 0 aliphatic rings. The van der Waals surface area contributed by atoms with E-state index in [2.05, 4.69) is 17.4 Å². The molecule has 3 aromatic rings. The number of thioether (sulfide) groups is 1. The highest BCUT2D eigenvalue weighted by molar-refractivity contribution is 7.99. The van der Waals surface area contributed by atoms with Crippen LogP contribution in [0.5, 0.6) is 0 Å². The van der Waals surface area contributed by atoms with E-state index >= 15 is 0 Å². The van der Waals surface area contributed by atoms with Gasteiger partial charge in [-0.25, -0.2) is 4.79 Å². The molecule has 1 aromatic heterocycles. The van der Waals surface area contributed by atoms with Crippen LogP contribution in [0.4, 0.5) is 5.69 Å². The van der Waals surface area contributed by atoms with E-state index in [1.54, 1.807) is 35.0 Å². The van der Waals surface area contributed by atoms with Gasteiger partial charge >= 0.3 is 5.69 Å². The van der Waals surface area contributed by atoms with E-state index in [1.807, 2.05) is 43.3 Å². The largest absolute Gasteiger partial charge is 0.328 e. The number of carbonyl (C=O) groups excluding carboxylic acids is 1. The van der Waals surface area contributed by atoms with Crippen molar-refractivity contribution in [3.05, 3.63) is 64.6 Å². The second-order valence-electron chi connectivity index (χ2n) is 6.03. The summed E-state index contributed by atoms with van der Waals surface area (Å²) in [4.78, 5) is 24.4. The molecule has 3 rings (SSSR count). The summed E-state index contributed by atoms with van der Waals surface area (Å²) in [5.74, 6) is 0.753. The third-order valence-corrected chi connectivity index (χ3v) is 5.47. The van der Waals surface area contributed by atoms with E-state index in [4.69, 9.17) is 0 Å². The molecule has 0 fully saturated rings. The number of nitrogens with one attached hydrogen (secondary N) is 1. The van der Waals surface area contributed by atoms with Gasteiger partial charge in [-0.2, -0.15) is 0 Å². The maximum Gasteiger partial charge on any atom is 0.328 e. The van der Waals surface area contributed by atoms with Gasteiger partial charge in [0, 0.05) is 25.5 Å². The average Bonchev–Trinajstić information content (AvgIpc) is 2.84. The summed E-state index contributed by atoms with van der Waals surface area (Å²) in [6.07, 6.45) is 0. The van der Waals surface area contributed by atoms with Crippen molar-refractivity contribution < 1.29 is 4.79 Å². The number of aromatic nitrogens is 2. The molecule has 130 valence electrons. The number of hydrogen-bond acceptors (Lipinski definition) is 3. The van der Waals surface area contributed by atoms with Gasteiger partial charge < -0.3 is 5.32 Å². The first-order valence-corrected chi connectivity index (χ1v) is 9.14. The first-order chi connectivity index (χ1) is 12.0. The van der Waals surface area contributed by atoms with Gasteiger partial charge in [-0.1, -0.05) is 30.3 Å². The number of nitrogens with zero attached hydrogens (tertiary/aromatic N) is 2. The lowest BCUT2D eigenvalue weighted by Crippen LogP contribution is -2.22. The minimum atomic E-state index is -0.171. The number of amides is 1. The minimum absolute atomic E-state index is 0.0405. The summed E-state index contributed by atoms with van der Waals surface area (Å²) in [7, 11) is 3.47. The molecule has 1 amide bonds. The summed E-state index contributed by atoms with van der Waals surface area (Å²) in [5, 5.41) is 2.77. The molecule has 0 saturated carbocycles. The quantitative estimate of drug-likeness (QED) is 0.765. The Morgan fingerprint density at radius 1 is 1.08 bits per heavy atom. The van der Waals surface area contributed by atoms with Gasteiger partial charge in [0.25, 0.3) is 0 Å². The number of imidazole rings is 1. The SMILES string of the molecule is C[C@@H](SCc1ccccc1)C(=O)Nc1ccc2c(c1)n(C)c(=O)n2C. The monoisotopic (exact) mass is 355 g/mol. The fraction of sp³-hybridized carbons (Fsp3) is 0.263. The molecular formula is C19H21N3O2S. The van der Waals surface area contributed by atoms with Crippen LogP contribution < -0.4 is 11.0 Å². The average molecular weight is 355 g/mol. The van der Waals surface area contributed by atoms with E-state index < -0.39 is 0 Å². The smallest absolute Gasteiger partial charge is 0.325 e. The number of fused-ring (bicyclic) bond motifs is 1. The Balaban J connectivity index is 1.69. The molecule has 0 saturated heterocycles. The van der Waals surface area contributed by atoms with E-state index in [9.17, 15) is 9.59 Å². The number of aryl methyl sites for hydroxylation is 2. The standard InChI is InChI=1S/C19H21N3O2S/c1-13(25-12-14-7-5-4-6-8-14)18(23)20-15-9-10-16-17(11-15)22(3)19(24)21(16)2/h4-11,13H,12H2,1-3H3,(H,20,23)/t13-/m1/s1. The zero-order chi connectivity index (χ0) is 18.0. The van der Waals surface area contributed by atoms with Gasteiger partial charge in [-0.15, -0.1) is 11.8 Å². The molecular weight excluding hydrogens is 334 g/mol. The Bertz CT molecular complexity index is 960. The van der Waals surface area contributed by atoms with Gasteiger partial charge in [-0.05, 0) is 30.7 Å². The minimum Gasteiger partial charge on any atom is -0.325 e. The van der Waals surface area contributed by atoms with E-state index in [-0.39, 0.29) is 16.8 Å². The number of benzene rings is 2. The Kier molecular flexibility index (Phi) is 4.99. The third-order valence-electron chi connectivity index (χ3n) is 4.25. The van der Waals surface area contributed by atoms with E-state index in [0.717, 1.165) is 16.8 Å². The molecule has 1 N–H and O–H groups in total. The summed E-state index contributed by atoms with van der Waals surface area (Å²) >= 11 is 1.60. The predicted octanol–water partition coefficient (Wildman–Crippen LogP) is 3.14. The van der Waals surface area contributed by atoms with Crippen LogP contribution in [0.1, 0.15) is 12.5 Å². The summed E-state index contributed by atoms with van der Waals surface area (Å²) in [5.41, 5.74) is 3.47. The zero-order valence-corrected chi connectivity index (χ0v) is 15.3. The maximum absolute atomic E-state index is 12.4. The third kappa shape index (κ3) is 3.64. The Morgan fingerprint density at radius 2 is 1.76 bits per heavy atom. The van der Waals surface area contributed by atoms with Crippen molar-refractivity contribution in [3.8, 4) is 0 Å². The van der Waals surface area contributed by atoms with Crippen molar-refractivity contribution in [1.29, 1.82) is 0 Å². The fourth-order valence-electron chi connectivity index (χ4n) is 2.70. The van der Waals surface area contributed by atoms with Crippen LogP contribution in [0, 0.1) is 0 Å². The van der Waals surface area contributed by atoms with Crippen molar-refractivity contribution >= 4 is 34.4 Å². The van der Waals surface area contributed by atoms with Gasteiger partial charge in [-0.3, -0.25) is 13.9 Å². The molecule has 6 heteroatoms. The Labute approximate surface area is 150 Å². The predicted molar refractivity (Wildman–Crippen MR) is 104 cm³/mol. The number of hydrogen-bond donors (Lipinski definition) is 1. The molecule has 0 aliphatic heterocycles. The highest BCUT2D eigenvalue weighted by atomic mass is 32.2. The number of rotatable bonds is 5. The molecule has 1 heterocycles. The van der Waals surface area contributed by atoms with Crippen molar-refractivity contribution in [2.45, 2.75) is 17.9 Å². The van der Waals surface area contributed by atoms with Gasteiger partial charge in [0.05, 0.1) is 16.3 Å². The first-order valence-electron chi connectivity index (χ1n) is 8.09. The second kappa shape index (κ2) is 7.19. The molecule has 0 aliphatic carbocycles. The van der Waals surface area contributed by atoms with Gasteiger partial charge in [0.1, 0.15) is 0 Å². The second-order valence-corrected chi connectivity index (χ2v) is 7.36. The zero-order valence-electron chi connectivity index (χ0n) is 14.5. The lowest BCUT2D eigenvalue weighted by atomic mass is 10.2. The molecule has 5 nitrogen and oxygen atoms in total. The summed E-state index contributed by atoms with van der Waals surface area (Å²) in [6.45, 7) is 1.90. The van der Waals surface area contributed by atoms with Crippen molar-refractivity contribution in [2.24, 2.45) is 14.1 Å². The fourth-order valence-corrected chi connectivity index (χ4v) is 3.54. The maximum atomic E-state index is 12.4. The molecule has 2 aromatic carbocycles. The molecule has 0 radical (unpaired) electrons. The molecule has 0 unspecified atom stereocenters. The van der Waals surface area contributed by atoms with Crippen LogP contribution in [0.3, 0.4) is 0 Å². The van der Waals surface area contributed by atoms with Crippen LogP contribution in [0.25, 0.3) is 11.0 Å². The Morgan fingerprint density at radius 3 is 2.48 bits per heavy atom. The van der Waals surface area contributed by atoms with E-state index in [0.29, 0.717) is 5.69 Å². The molecule has 0 spiro atoms. The number of carbonyl (C=O) groups is 1. The molecule has 25 heavy (non-hydrogen) atoms. The highest BCUT2D eigenvalue weighted by Crippen LogP contribution is 2.21. The molecule has 1 atom stereocenters. The van der Waals surface area contributed by atoms with Crippen LogP contribution in [0.15, 0.2) is 53.3 Å². The van der Waals surface area contributed by atoms with Gasteiger partial charge in [0.15, 0.2) is 0 Å². The molecule has 0 bridgehead atoms. The van der Waals surface area contributed by atoms with Crippen LogP contribution >= 0.6 is 11.8 Å². The topological polar surface area (TPSA) is 56.0 Å². The van der Waals surface area contributed by atoms with Crippen LogP contribution in [-0.2, 0) is 24.6 Å².